The first kappa shape index (κ1) is 16.3. The topological polar surface area (TPSA) is 77.1 Å². The largest absolute Gasteiger partial charge is 0.467 e. The number of carbonyl (C=O) groups excluding carboxylic acids is 1. The average Bonchev–Trinajstić information content (AvgIpc) is 3.11. The van der Waals surface area contributed by atoms with Crippen molar-refractivity contribution in [3.63, 3.8) is 0 Å². The van der Waals surface area contributed by atoms with Crippen molar-refractivity contribution >= 4 is 28.6 Å². The first-order chi connectivity index (χ1) is 11.6. The predicted octanol–water partition coefficient (Wildman–Crippen LogP) is 2.50. The van der Waals surface area contributed by atoms with E-state index in [1.807, 2.05) is 25.1 Å². The second kappa shape index (κ2) is 6.92. The van der Waals surface area contributed by atoms with Crippen LogP contribution in [0.4, 0.5) is 0 Å². The van der Waals surface area contributed by atoms with Crippen molar-refractivity contribution in [2.24, 2.45) is 7.05 Å². The Kier molecular flexibility index (Phi) is 4.71. The summed E-state index contributed by atoms with van der Waals surface area (Å²) in [6, 6.07) is 10.6. The van der Waals surface area contributed by atoms with Crippen LogP contribution < -0.4 is 10.9 Å². The van der Waals surface area contributed by atoms with E-state index in [4.69, 9.17) is 4.42 Å². The molecule has 1 unspecified atom stereocenters. The van der Waals surface area contributed by atoms with E-state index in [1.165, 1.54) is 16.3 Å². The molecule has 0 saturated carbocycles. The van der Waals surface area contributed by atoms with Crippen LogP contribution in [-0.2, 0) is 11.8 Å². The molecular weight excluding hydrogens is 326 g/mol. The van der Waals surface area contributed by atoms with Gasteiger partial charge in [-0.25, -0.2) is 4.98 Å². The Morgan fingerprint density at radius 3 is 2.88 bits per heavy atom. The molecule has 0 aliphatic carbocycles. The highest BCUT2D eigenvalue weighted by Gasteiger charge is 2.14. The molecule has 124 valence electrons. The molecule has 0 bridgehead atoms. The molecule has 1 aromatic carbocycles. The Labute approximate surface area is 142 Å². The molecule has 2 aromatic heterocycles. The number of thioether (sulfide) groups is 1. The smallest absolute Gasteiger partial charge is 0.261 e. The van der Waals surface area contributed by atoms with E-state index in [-0.39, 0.29) is 23.3 Å². The number of rotatable bonds is 5. The normalized spacial score (nSPS) is 12.2. The first-order valence-electron chi connectivity index (χ1n) is 7.47. The minimum Gasteiger partial charge on any atom is -0.467 e. The van der Waals surface area contributed by atoms with E-state index < -0.39 is 0 Å². The summed E-state index contributed by atoms with van der Waals surface area (Å²) in [6.07, 6.45) is 1.57. The van der Waals surface area contributed by atoms with Gasteiger partial charge in [0.1, 0.15) is 5.76 Å². The number of nitrogens with one attached hydrogen (secondary N) is 1. The molecule has 0 fully saturated rings. The molecule has 1 atom stereocenters. The molecular formula is C17H17N3O3S. The van der Waals surface area contributed by atoms with Gasteiger partial charge in [-0.2, -0.15) is 0 Å². The molecule has 3 rings (SSSR count). The minimum atomic E-state index is -0.207. The van der Waals surface area contributed by atoms with E-state index in [0.29, 0.717) is 21.8 Å². The van der Waals surface area contributed by atoms with Crippen LogP contribution in [-0.4, -0.2) is 21.2 Å². The highest BCUT2D eigenvalue weighted by molar-refractivity contribution is 7.99. The van der Waals surface area contributed by atoms with Crippen LogP contribution >= 0.6 is 11.8 Å². The van der Waals surface area contributed by atoms with Crippen LogP contribution in [0, 0.1) is 0 Å². The Morgan fingerprint density at radius 1 is 1.33 bits per heavy atom. The van der Waals surface area contributed by atoms with Crippen molar-refractivity contribution in [2.75, 3.05) is 5.75 Å². The summed E-state index contributed by atoms with van der Waals surface area (Å²) in [6.45, 7) is 1.85. The lowest BCUT2D eigenvalue weighted by atomic mass is 10.2. The zero-order valence-electron chi connectivity index (χ0n) is 13.4. The summed E-state index contributed by atoms with van der Waals surface area (Å²) < 4.78 is 6.73. The number of hydrogen-bond donors (Lipinski definition) is 1. The van der Waals surface area contributed by atoms with Gasteiger partial charge in [0.2, 0.25) is 5.91 Å². The number of nitrogens with zero attached hydrogens (tertiary/aromatic N) is 2. The molecule has 1 N–H and O–H groups in total. The van der Waals surface area contributed by atoms with Gasteiger partial charge in [0.15, 0.2) is 5.16 Å². The quantitative estimate of drug-likeness (QED) is 0.569. The summed E-state index contributed by atoms with van der Waals surface area (Å²) in [4.78, 5) is 28.9. The summed E-state index contributed by atoms with van der Waals surface area (Å²) in [5.74, 6) is 0.722. The maximum atomic E-state index is 12.3. The lowest BCUT2D eigenvalue weighted by molar-refractivity contribution is -0.119. The molecule has 24 heavy (non-hydrogen) atoms. The highest BCUT2D eigenvalue weighted by Crippen LogP contribution is 2.17. The zero-order valence-corrected chi connectivity index (χ0v) is 14.2. The van der Waals surface area contributed by atoms with Crippen LogP contribution in [0.3, 0.4) is 0 Å². The van der Waals surface area contributed by atoms with Gasteiger partial charge in [-0.15, -0.1) is 0 Å². The van der Waals surface area contributed by atoms with Crippen LogP contribution in [0.5, 0.6) is 0 Å². The van der Waals surface area contributed by atoms with Gasteiger partial charge in [0.25, 0.3) is 5.56 Å². The number of furan rings is 1. The molecule has 0 aliphatic heterocycles. The first-order valence-corrected chi connectivity index (χ1v) is 8.46. The fourth-order valence-corrected chi connectivity index (χ4v) is 3.13. The molecule has 0 radical (unpaired) electrons. The van der Waals surface area contributed by atoms with Gasteiger partial charge in [0, 0.05) is 7.05 Å². The van der Waals surface area contributed by atoms with Gasteiger partial charge in [-0.3, -0.25) is 14.2 Å². The number of aromatic nitrogens is 2. The minimum absolute atomic E-state index is 0.118. The van der Waals surface area contributed by atoms with Crippen molar-refractivity contribution in [3.8, 4) is 0 Å². The summed E-state index contributed by atoms with van der Waals surface area (Å²) in [7, 11) is 1.66. The van der Waals surface area contributed by atoms with Crippen molar-refractivity contribution in [2.45, 2.75) is 18.1 Å². The van der Waals surface area contributed by atoms with Gasteiger partial charge < -0.3 is 9.73 Å². The molecule has 1 amide bonds. The molecule has 0 saturated heterocycles. The van der Waals surface area contributed by atoms with E-state index in [9.17, 15) is 9.59 Å². The Hall–Kier alpha value is -2.54. The van der Waals surface area contributed by atoms with Crippen LogP contribution in [0.1, 0.15) is 18.7 Å². The number of amides is 1. The van der Waals surface area contributed by atoms with E-state index in [1.54, 1.807) is 31.5 Å². The lowest BCUT2D eigenvalue weighted by Crippen LogP contribution is -2.28. The predicted molar refractivity (Wildman–Crippen MR) is 93.0 cm³/mol. The lowest BCUT2D eigenvalue weighted by Gasteiger charge is -2.12. The van der Waals surface area contributed by atoms with Crippen LogP contribution in [0.15, 0.2) is 57.0 Å². The van der Waals surface area contributed by atoms with E-state index in [0.717, 1.165) is 0 Å². The maximum absolute atomic E-state index is 12.3. The monoisotopic (exact) mass is 343 g/mol. The van der Waals surface area contributed by atoms with Gasteiger partial charge >= 0.3 is 0 Å². The Bertz CT molecular complexity index is 918. The Balaban J connectivity index is 1.70. The number of hydrogen-bond acceptors (Lipinski definition) is 5. The SMILES string of the molecule is CC(NC(=O)CSc1nc2ccccc2c(=O)n1C)c1ccco1. The van der Waals surface area contributed by atoms with E-state index in [2.05, 4.69) is 10.3 Å². The molecule has 7 heteroatoms. The number of fused-ring (bicyclic) bond motifs is 1. The van der Waals surface area contributed by atoms with Crippen molar-refractivity contribution in [3.05, 3.63) is 58.8 Å². The second-order valence-electron chi connectivity index (χ2n) is 5.37. The fourth-order valence-electron chi connectivity index (χ4n) is 2.35. The third kappa shape index (κ3) is 3.35. The molecule has 2 heterocycles. The third-order valence-electron chi connectivity index (χ3n) is 3.62. The van der Waals surface area contributed by atoms with Gasteiger partial charge in [-0.05, 0) is 31.2 Å². The molecule has 3 aromatic rings. The zero-order chi connectivity index (χ0) is 17.1. The molecule has 0 aliphatic rings. The van der Waals surface area contributed by atoms with Crippen molar-refractivity contribution < 1.29 is 9.21 Å². The van der Waals surface area contributed by atoms with Crippen molar-refractivity contribution in [1.82, 2.24) is 14.9 Å². The molecule has 6 nitrogen and oxygen atoms in total. The summed E-state index contributed by atoms with van der Waals surface area (Å²) >= 11 is 1.23. The average molecular weight is 343 g/mol. The highest BCUT2D eigenvalue weighted by atomic mass is 32.2. The summed E-state index contributed by atoms with van der Waals surface area (Å²) in [5.41, 5.74) is 0.514. The van der Waals surface area contributed by atoms with Gasteiger partial charge in [0.05, 0.1) is 29.0 Å². The Morgan fingerprint density at radius 2 is 2.12 bits per heavy atom. The molecule has 0 spiro atoms. The van der Waals surface area contributed by atoms with E-state index >= 15 is 0 Å². The van der Waals surface area contributed by atoms with Crippen molar-refractivity contribution in [1.29, 1.82) is 0 Å². The standard InChI is InChI=1S/C17H17N3O3S/c1-11(14-8-5-9-23-14)18-15(21)10-24-17-19-13-7-4-3-6-12(13)16(22)20(17)2/h3-9,11H,10H2,1-2H3,(H,18,21). The fraction of sp³-hybridized carbons (Fsp3) is 0.235. The number of benzene rings is 1. The number of carbonyl (C=O) groups is 1. The van der Waals surface area contributed by atoms with Crippen LogP contribution in [0.25, 0.3) is 10.9 Å². The maximum Gasteiger partial charge on any atom is 0.261 e. The van der Waals surface area contributed by atoms with Gasteiger partial charge in [-0.1, -0.05) is 23.9 Å². The van der Waals surface area contributed by atoms with Crippen LogP contribution in [0.2, 0.25) is 0 Å². The third-order valence-corrected chi connectivity index (χ3v) is 4.65. The second-order valence-corrected chi connectivity index (χ2v) is 6.31. The number of para-hydroxylation sites is 1. The summed E-state index contributed by atoms with van der Waals surface area (Å²) in [5, 5.41) is 3.94.